The smallest absolute Gasteiger partial charge is 0.290 e. The maximum atomic E-state index is 8.36. The first-order chi connectivity index (χ1) is 24.3. The molecule has 2 N–H and O–H groups in total. The van der Waals surface area contributed by atoms with Crippen LogP contribution < -0.4 is 5.32 Å². The minimum absolute atomic E-state index is 0.0435. The monoisotopic (exact) mass is 699 g/mol. The van der Waals surface area contributed by atoms with E-state index in [0.717, 1.165) is 128 Å². The minimum Gasteiger partial charge on any atom is -0.483 e. The molecule has 2 saturated heterocycles. The molecule has 0 aliphatic carbocycles. The van der Waals surface area contributed by atoms with E-state index in [9.17, 15) is 0 Å². The normalized spacial score (nSPS) is 17.7. The average molecular weight is 700 g/mol. The first-order valence-electron chi connectivity index (χ1n) is 18.0. The Bertz CT molecular complexity index is 1330. The quantitative estimate of drug-likeness (QED) is 0.116. The fourth-order valence-electron chi connectivity index (χ4n) is 6.55. The lowest BCUT2D eigenvalue weighted by atomic mass is 9.87. The number of piperazine rings is 1. The molecule has 2 fully saturated rings. The number of hydrogen-bond acceptors (Lipinski definition) is 12. The van der Waals surface area contributed by atoms with Gasteiger partial charge in [0.25, 0.3) is 6.47 Å². The topological polar surface area (TPSA) is 142 Å². The molecule has 0 unspecified atom stereocenters. The summed E-state index contributed by atoms with van der Waals surface area (Å²) in [6.07, 6.45) is 10.6. The van der Waals surface area contributed by atoms with E-state index in [4.69, 9.17) is 24.1 Å². The number of aliphatic imine (C=N–C) groups is 2. The third-order valence-corrected chi connectivity index (χ3v) is 9.41. The Balaban J connectivity index is 0.00000217. The summed E-state index contributed by atoms with van der Waals surface area (Å²) in [6, 6.07) is 2.32. The number of pyridine rings is 1. The molecule has 50 heavy (non-hydrogen) atoms. The second kappa shape index (κ2) is 22.5. The van der Waals surface area contributed by atoms with Crippen LogP contribution in [0.2, 0.25) is 0 Å². The number of methoxy groups -OCH3 is 1. The summed E-state index contributed by atoms with van der Waals surface area (Å²) in [4.78, 5) is 33.9. The number of anilines is 1. The zero-order chi connectivity index (χ0) is 36.2. The van der Waals surface area contributed by atoms with E-state index >= 15 is 0 Å². The number of likely N-dealkylation sites (tertiary alicyclic amines) is 1. The minimum atomic E-state index is -0.250. The van der Waals surface area contributed by atoms with Gasteiger partial charge in [-0.15, -0.1) is 0 Å². The third kappa shape index (κ3) is 13.5. The van der Waals surface area contributed by atoms with E-state index in [1.54, 1.807) is 12.4 Å². The second-order valence-corrected chi connectivity index (χ2v) is 13.0. The molecule has 0 amide bonds. The number of nitrogens with zero attached hydrogens (tertiary/aromatic N) is 8. The lowest BCUT2D eigenvalue weighted by molar-refractivity contribution is -0.122. The number of carbonyl (C=O) groups is 1. The fourth-order valence-corrected chi connectivity index (χ4v) is 6.55. The number of aromatic nitrogens is 3. The van der Waals surface area contributed by atoms with Crippen LogP contribution in [0.1, 0.15) is 64.7 Å². The molecule has 0 bridgehead atoms. The van der Waals surface area contributed by atoms with Crippen LogP contribution in [0.5, 0.6) is 0 Å². The fraction of sp³-hybridized carbons (Fsp3) is 0.694. The highest BCUT2D eigenvalue weighted by Crippen LogP contribution is 2.30. The molecule has 14 heteroatoms. The van der Waals surface area contributed by atoms with Crippen molar-refractivity contribution in [2.45, 2.75) is 71.4 Å². The molecule has 4 rings (SSSR count). The van der Waals surface area contributed by atoms with Crippen LogP contribution in [0.25, 0.3) is 11.0 Å². The van der Waals surface area contributed by atoms with E-state index in [-0.39, 0.29) is 12.1 Å². The predicted molar refractivity (Wildman–Crippen MR) is 201 cm³/mol. The maximum absolute atomic E-state index is 8.36. The highest BCUT2D eigenvalue weighted by atomic mass is 16.5. The van der Waals surface area contributed by atoms with Crippen molar-refractivity contribution in [3.05, 3.63) is 30.0 Å². The van der Waals surface area contributed by atoms with Crippen molar-refractivity contribution in [2.24, 2.45) is 9.98 Å². The third-order valence-electron chi connectivity index (χ3n) is 9.41. The number of carboxylic acid groups (broad SMARTS) is 1. The summed E-state index contributed by atoms with van der Waals surface area (Å²) in [5, 5.41) is 10.1. The van der Waals surface area contributed by atoms with Gasteiger partial charge in [0.05, 0.1) is 24.0 Å². The zero-order valence-corrected chi connectivity index (χ0v) is 31.1. The van der Waals surface area contributed by atoms with Crippen molar-refractivity contribution in [3.63, 3.8) is 0 Å². The SMILES string of the molecule is C=N/C(=C\C=N/CN1CCC(CCN2CCN(CCCOCCCOCC)CC2)(OC)CC1)Nc1cc2c(cn1)nc(C)n2C(C)C.O=CO. The molecule has 0 spiro atoms. The summed E-state index contributed by atoms with van der Waals surface area (Å²) in [7, 11) is 1.89. The molecule has 2 aromatic heterocycles. The van der Waals surface area contributed by atoms with Gasteiger partial charge < -0.3 is 39.0 Å². The number of nitrogens with one attached hydrogen (secondary N) is 1. The number of imidazole rings is 1. The molecular weight excluding hydrogens is 638 g/mol. The van der Waals surface area contributed by atoms with Gasteiger partial charge in [0, 0.05) is 104 Å². The van der Waals surface area contributed by atoms with Crippen molar-refractivity contribution in [1.29, 1.82) is 0 Å². The molecule has 0 atom stereocenters. The highest BCUT2D eigenvalue weighted by molar-refractivity contribution is 5.79. The van der Waals surface area contributed by atoms with Crippen LogP contribution in [0.3, 0.4) is 0 Å². The summed E-state index contributed by atoms with van der Waals surface area (Å²) in [5.41, 5.74) is 1.89. The molecule has 0 radical (unpaired) electrons. The van der Waals surface area contributed by atoms with Crippen LogP contribution in [-0.4, -0.2) is 152 Å². The molecule has 0 aromatic carbocycles. The van der Waals surface area contributed by atoms with Gasteiger partial charge in [0.1, 0.15) is 23.0 Å². The van der Waals surface area contributed by atoms with Gasteiger partial charge in [-0.05, 0) is 72.6 Å². The van der Waals surface area contributed by atoms with Crippen molar-refractivity contribution in [3.8, 4) is 0 Å². The van der Waals surface area contributed by atoms with Crippen molar-refractivity contribution >= 4 is 36.3 Å². The zero-order valence-electron chi connectivity index (χ0n) is 31.1. The Morgan fingerprint density at radius 3 is 2.36 bits per heavy atom. The van der Waals surface area contributed by atoms with Crippen LogP contribution >= 0.6 is 0 Å². The van der Waals surface area contributed by atoms with Crippen molar-refractivity contribution in [1.82, 2.24) is 29.2 Å². The van der Waals surface area contributed by atoms with Gasteiger partial charge >= 0.3 is 0 Å². The standard InChI is InChI=1S/C35H59N9O3.CH2O2/c1-7-46-24-9-25-47-23-8-15-41-19-21-42(22-20-41)16-11-35(45-6)12-17-43(18-13-35)28-37-14-10-33(36-5)40-34-26-32-31(27-38-34)39-30(4)44(32)29(2)3;2-1-3/h10,14,26-27,29H,5,7-9,11-13,15-25,28H2,1-4,6H3,(H,38,40);1H,(H,2,3)/b33-10+,37-14-;. The number of allylic oxidation sites excluding steroid dienone is 1. The van der Waals surface area contributed by atoms with E-state index in [1.165, 1.54) is 0 Å². The Morgan fingerprint density at radius 2 is 1.72 bits per heavy atom. The number of ether oxygens (including phenoxy) is 3. The first-order valence-corrected chi connectivity index (χ1v) is 18.0. The summed E-state index contributed by atoms with van der Waals surface area (Å²) >= 11 is 0. The van der Waals surface area contributed by atoms with Crippen LogP contribution in [0.4, 0.5) is 5.82 Å². The number of fused-ring (bicyclic) bond motifs is 1. The maximum Gasteiger partial charge on any atom is 0.290 e. The van der Waals surface area contributed by atoms with Crippen molar-refractivity contribution < 1.29 is 24.1 Å². The molecular formula is C36H61N9O5. The van der Waals surface area contributed by atoms with Gasteiger partial charge in [0.15, 0.2) is 0 Å². The summed E-state index contributed by atoms with van der Waals surface area (Å²) in [6.45, 7) is 24.4. The highest BCUT2D eigenvalue weighted by Gasteiger charge is 2.35. The van der Waals surface area contributed by atoms with Gasteiger partial charge in [-0.25, -0.2) is 15.0 Å². The molecule has 280 valence electrons. The average Bonchev–Trinajstić information content (AvgIpc) is 3.46. The Labute approximate surface area is 298 Å². The molecule has 4 heterocycles. The lowest BCUT2D eigenvalue weighted by Crippen LogP contribution is -2.50. The van der Waals surface area contributed by atoms with Gasteiger partial charge in [-0.3, -0.25) is 14.7 Å². The second-order valence-electron chi connectivity index (χ2n) is 13.0. The molecule has 0 saturated carbocycles. The lowest BCUT2D eigenvalue weighted by Gasteiger charge is -2.42. The Hall–Kier alpha value is -3.27. The van der Waals surface area contributed by atoms with Gasteiger partial charge in [-0.1, -0.05) is 0 Å². The largest absolute Gasteiger partial charge is 0.483 e. The summed E-state index contributed by atoms with van der Waals surface area (Å²) < 4.78 is 19.5. The van der Waals surface area contributed by atoms with Crippen LogP contribution in [-0.2, 0) is 19.0 Å². The van der Waals surface area contributed by atoms with E-state index in [2.05, 4.69) is 65.1 Å². The van der Waals surface area contributed by atoms with E-state index in [0.29, 0.717) is 24.3 Å². The number of hydrogen-bond donors (Lipinski definition) is 2. The molecule has 14 nitrogen and oxygen atoms in total. The van der Waals surface area contributed by atoms with Gasteiger partial charge in [-0.2, -0.15) is 0 Å². The molecule has 2 aliphatic heterocycles. The van der Waals surface area contributed by atoms with Gasteiger partial charge in [0.2, 0.25) is 0 Å². The van der Waals surface area contributed by atoms with E-state index in [1.807, 2.05) is 33.1 Å². The number of aryl methyl sites for hydroxylation is 1. The summed E-state index contributed by atoms with van der Waals surface area (Å²) in [5.74, 6) is 2.28. The number of rotatable bonds is 20. The number of piperidine rings is 1. The molecule has 2 aromatic rings. The predicted octanol–water partition coefficient (Wildman–Crippen LogP) is 4.33. The Morgan fingerprint density at radius 1 is 1.06 bits per heavy atom. The van der Waals surface area contributed by atoms with Crippen molar-refractivity contribution in [2.75, 3.05) is 97.9 Å². The van der Waals surface area contributed by atoms with E-state index < -0.39 is 0 Å². The van der Waals surface area contributed by atoms with Crippen LogP contribution in [0.15, 0.2) is 34.1 Å². The molecule has 2 aliphatic rings. The van der Waals surface area contributed by atoms with Crippen LogP contribution in [0, 0.1) is 6.92 Å². The first kappa shape index (κ1) is 41.2. The Kier molecular flexibility index (Phi) is 18.5.